The van der Waals surface area contributed by atoms with Crippen molar-refractivity contribution in [2.75, 3.05) is 5.32 Å². The lowest BCUT2D eigenvalue weighted by atomic mass is 9.99. The Labute approximate surface area is 126 Å². The van der Waals surface area contributed by atoms with Crippen LogP contribution in [0.2, 0.25) is 0 Å². The Hall–Kier alpha value is -2.09. The summed E-state index contributed by atoms with van der Waals surface area (Å²) in [6, 6.07) is 11.6. The van der Waals surface area contributed by atoms with E-state index < -0.39 is 0 Å². The van der Waals surface area contributed by atoms with Gasteiger partial charge in [0, 0.05) is 6.54 Å². The Balaban J connectivity index is 2.21. The van der Waals surface area contributed by atoms with Gasteiger partial charge < -0.3 is 5.32 Å². The van der Waals surface area contributed by atoms with Crippen LogP contribution in [0.3, 0.4) is 0 Å². The molecule has 1 nitrogen and oxygen atoms in total. The van der Waals surface area contributed by atoms with E-state index in [4.69, 9.17) is 0 Å². The van der Waals surface area contributed by atoms with Gasteiger partial charge in [-0.25, -0.2) is 4.39 Å². The summed E-state index contributed by atoms with van der Waals surface area (Å²) in [7, 11) is 0. The van der Waals surface area contributed by atoms with Crippen LogP contribution in [-0.2, 0) is 6.54 Å². The van der Waals surface area contributed by atoms with Gasteiger partial charge in [-0.05, 0) is 60.2 Å². The average molecular weight is 283 g/mol. The fourth-order valence-corrected chi connectivity index (χ4v) is 2.32. The number of rotatable bonds is 5. The SMILES string of the molecule is C=C(CC)c1ccccc1CNc1cc(C)c(C)cc1F. The molecule has 0 aliphatic carbocycles. The largest absolute Gasteiger partial charge is 0.379 e. The predicted octanol–water partition coefficient (Wildman–Crippen LogP) is 5.48. The van der Waals surface area contributed by atoms with Crippen molar-refractivity contribution < 1.29 is 4.39 Å². The summed E-state index contributed by atoms with van der Waals surface area (Å²) in [5, 5.41) is 3.20. The van der Waals surface area contributed by atoms with Crippen LogP contribution in [0.1, 0.15) is 35.6 Å². The first-order valence-corrected chi connectivity index (χ1v) is 7.29. The first-order chi connectivity index (χ1) is 10.0. The molecule has 0 heterocycles. The van der Waals surface area contributed by atoms with Crippen molar-refractivity contribution in [2.45, 2.75) is 33.7 Å². The second kappa shape index (κ2) is 6.57. The van der Waals surface area contributed by atoms with Gasteiger partial charge in [-0.2, -0.15) is 0 Å². The van der Waals surface area contributed by atoms with Gasteiger partial charge in [0.2, 0.25) is 0 Å². The van der Waals surface area contributed by atoms with Gasteiger partial charge in [0.05, 0.1) is 5.69 Å². The van der Waals surface area contributed by atoms with E-state index in [0.29, 0.717) is 12.2 Å². The van der Waals surface area contributed by atoms with Crippen LogP contribution < -0.4 is 5.32 Å². The highest BCUT2D eigenvalue weighted by molar-refractivity contribution is 5.66. The highest BCUT2D eigenvalue weighted by Gasteiger charge is 2.07. The van der Waals surface area contributed by atoms with Crippen LogP contribution in [0, 0.1) is 19.7 Å². The summed E-state index contributed by atoms with van der Waals surface area (Å²) in [6.07, 6.45) is 0.912. The summed E-state index contributed by atoms with van der Waals surface area (Å²) in [5.41, 5.74) is 6.00. The molecule has 0 atom stereocenters. The number of benzene rings is 2. The topological polar surface area (TPSA) is 12.0 Å². The monoisotopic (exact) mass is 283 g/mol. The molecule has 0 aromatic heterocycles. The molecule has 0 bridgehead atoms. The zero-order valence-corrected chi connectivity index (χ0v) is 13.0. The minimum atomic E-state index is -0.204. The maximum absolute atomic E-state index is 14.0. The van der Waals surface area contributed by atoms with Gasteiger partial charge in [0.25, 0.3) is 0 Å². The third-order valence-corrected chi connectivity index (χ3v) is 3.88. The van der Waals surface area contributed by atoms with Crippen molar-refractivity contribution in [2.24, 2.45) is 0 Å². The molecule has 0 amide bonds. The maximum atomic E-state index is 14.0. The molecule has 110 valence electrons. The Morgan fingerprint density at radius 1 is 1.14 bits per heavy atom. The molecular formula is C19H22FN. The van der Waals surface area contributed by atoms with E-state index in [-0.39, 0.29) is 5.82 Å². The van der Waals surface area contributed by atoms with Crippen LogP contribution in [0.25, 0.3) is 5.57 Å². The van der Waals surface area contributed by atoms with Gasteiger partial charge in [-0.15, -0.1) is 0 Å². The van der Waals surface area contributed by atoms with E-state index in [1.807, 2.05) is 32.0 Å². The number of halogens is 1. The zero-order chi connectivity index (χ0) is 15.4. The van der Waals surface area contributed by atoms with Crippen LogP contribution in [0.5, 0.6) is 0 Å². The molecule has 0 saturated heterocycles. The molecule has 0 saturated carbocycles. The van der Waals surface area contributed by atoms with Gasteiger partial charge in [-0.3, -0.25) is 0 Å². The van der Waals surface area contributed by atoms with Crippen LogP contribution in [-0.4, -0.2) is 0 Å². The number of nitrogens with one attached hydrogen (secondary N) is 1. The Morgan fingerprint density at radius 3 is 2.52 bits per heavy atom. The third kappa shape index (κ3) is 3.52. The van der Waals surface area contributed by atoms with Crippen LogP contribution >= 0.6 is 0 Å². The molecule has 0 unspecified atom stereocenters. The molecule has 21 heavy (non-hydrogen) atoms. The quantitative estimate of drug-likeness (QED) is 0.766. The molecule has 2 rings (SSSR count). The third-order valence-electron chi connectivity index (χ3n) is 3.88. The first kappa shape index (κ1) is 15.3. The van der Waals surface area contributed by atoms with Crippen molar-refractivity contribution in [3.63, 3.8) is 0 Å². The minimum absolute atomic E-state index is 0.204. The minimum Gasteiger partial charge on any atom is -0.379 e. The second-order valence-corrected chi connectivity index (χ2v) is 5.38. The lowest BCUT2D eigenvalue weighted by molar-refractivity contribution is 0.628. The van der Waals surface area contributed by atoms with Gasteiger partial charge in [0.15, 0.2) is 0 Å². The maximum Gasteiger partial charge on any atom is 0.146 e. The standard InChI is InChI=1S/C19H22FN/c1-5-13(2)17-9-7-6-8-16(17)12-21-19-11-15(4)14(3)10-18(19)20/h6-11,21H,2,5,12H2,1,3-4H3. The predicted molar refractivity (Wildman–Crippen MR) is 89.0 cm³/mol. The van der Waals surface area contributed by atoms with E-state index in [1.165, 1.54) is 0 Å². The Bertz CT molecular complexity index is 659. The highest BCUT2D eigenvalue weighted by atomic mass is 19.1. The second-order valence-electron chi connectivity index (χ2n) is 5.38. The van der Waals surface area contributed by atoms with E-state index in [9.17, 15) is 4.39 Å². The van der Waals surface area contributed by atoms with Crippen LogP contribution in [0.4, 0.5) is 10.1 Å². The van der Waals surface area contributed by atoms with Crippen LogP contribution in [0.15, 0.2) is 43.0 Å². The van der Waals surface area contributed by atoms with Gasteiger partial charge >= 0.3 is 0 Å². The molecule has 0 spiro atoms. The number of hydrogen-bond donors (Lipinski definition) is 1. The summed E-state index contributed by atoms with van der Waals surface area (Å²) in [4.78, 5) is 0. The fourth-order valence-electron chi connectivity index (χ4n) is 2.32. The lowest BCUT2D eigenvalue weighted by Gasteiger charge is -2.14. The fraction of sp³-hybridized carbons (Fsp3) is 0.263. The summed E-state index contributed by atoms with van der Waals surface area (Å²) < 4.78 is 14.0. The van der Waals surface area contributed by atoms with E-state index in [2.05, 4.69) is 31.0 Å². The Morgan fingerprint density at radius 2 is 1.81 bits per heavy atom. The number of hydrogen-bond acceptors (Lipinski definition) is 1. The van der Waals surface area contributed by atoms with Crippen molar-refractivity contribution in [3.8, 4) is 0 Å². The first-order valence-electron chi connectivity index (χ1n) is 7.29. The van der Waals surface area contributed by atoms with Gasteiger partial charge in [0.1, 0.15) is 5.82 Å². The molecular weight excluding hydrogens is 261 g/mol. The molecule has 1 N–H and O–H groups in total. The normalized spacial score (nSPS) is 10.5. The Kier molecular flexibility index (Phi) is 4.79. The summed E-state index contributed by atoms with van der Waals surface area (Å²) >= 11 is 0. The number of anilines is 1. The molecule has 2 aromatic carbocycles. The molecule has 2 heteroatoms. The molecule has 2 aromatic rings. The summed E-state index contributed by atoms with van der Waals surface area (Å²) in [5.74, 6) is -0.204. The van der Waals surface area contributed by atoms with Crippen molar-refractivity contribution in [3.05, 3.63) is 71.0 Å². The van der Waals surface area contributed by atoms with E-state index in [1.54, 1.807) is 6.07 Å². The molecule has 0 aliphatic rings. The van der Waals surface area contributed by atoms with Crippen molar-refractivity contribution in [1.82, 2.24) is 0 Å². The van der Waals surface area contributed by atoms with E-state index in [0.717, 1.165) is 34.2 Å². The zero-order valence-electron chi connectivity index (χ0n) is 13.0. The van der Waals surface area contributed by atoms with E-state index >= 15 is 0 Å². The lowest BCUT2D eigenvalue weighted by Crippen LogP contribution is -2.04. The average Bonchev–Trinajstić information content (AvgIpc) is 2.49. The van der Waals surface area contributed by atoms with Crippen molar-refractivity contribution in [1.29, 1.82) is 0 Å². The highest BCUT2D eigenvalue weighted by Crippen LogP contribution is 2.23. The summed E-state index contributed by atoms with van der Waals surface area (Å²) in [6.45, 7) is 10.7. The molecule has 0 aliphatic heterocycles. The molecule has 0 fully saturated rings. The molecule has 0 radical (unpaired) electrons. The van der Waals surface area contributed by atoms with Crippen molar-refractivity contribution >= 4 is 11.3 Å². The smallest absolute Gasteiger partial charge is 0.146 e. The van der Waals surface area contributed by atoms with Gasteiger partial charge in [-0.1, -0.05) is 37.8 Å². The number of allylic oxidation sites excluding steroid dienone is 1. The number of aryl methyl sites for hydroxylation is 2.